The maximum atomic E-state index is 12.6. The van der Waals surface area contributed by atoms with E-state index in [1.165, 1.54) is 35.3 Å². The molecule has 10 heteroatoms. The van der Waals surface area contributed by atoms with Crippen LogP contribution in [-0.2, 0) is 4.79 Å². The third-order valence-corrected chi connectivity index (χ3v) is 2.80. The van der Waals surface area contributed by atoms with Gasteiger partial charge in [-0.05, 0) is 41.6 Å². The molecule has 1 aromatic heterocycles. The summed E-state index contributed by atoms with van der Waals surface area (Å²) in [7, 11) is 0. The largest absolute Gasteiger partial charge is 0.415 e. The average Bonchev–Trinajstić information content (AvgIpc) is 2.92. The molecule has 1 heterocycles. The van der Waals surface area contributed by atoms with Crippen molar-refractivity contribution < 1.29 is 18.0 Å². The van der Waals surface area contributed by atoms with Crippen LogP contribution in [0, 0.1) is 0 Å². The number of tetrazole rings is 1. The number of carbonyl (C=O) groups excluding carboxylic acids is 1. The monoisotopic (exact) mass is 300 g/mol. The lowest BCUT2D eigenvalue weighted by molar-refractivity contribution is -0.184. The number of anilines is 1. The second kappa shape index (κ2) is 5.13. The van der Waals surface area contributed by atoms with E-state index < -0.39 is 17.6 Å². The van der Waals surface area contributed by atoms with Crippen molar-refractivity contribution in [2.75, 3.05) is 5.32 Å². The number of nitrogens with one attached hydrogen (secondary N) is 1. The van der Waals surface area contributed by atoms with E-state index in [1.807, 2.05) is 0 Å². The first-order valence-corrected chi connectivity index (χ1v) is 5.72. The zero-order valence-electron chi connectivity index (χ0n) is 10.8. The fourth-order valence-electron chi connectivity index (χ4n) is 1.37. The summed E-state index contributed by atoms with van der Waals surface area (Å²) >= 11 is 0. The quantitative estimate of drug-likeness (QED) is 0.876. The first-order valence-electron chi connectivity index (χ1n) is 5.72. The Hall–Kier alpha value is -2.49. The fraction of sp³-hybridized carbons (Fsp3) is 0.273. The summed E-state index contributed by atoms with van der Waals surface area (Å²) < 4.78 is 39.2. The second-order valence-corrected chi connectivity index (χ2v) is 4.46. The molecular formula is C11H11F3N6O. The number of benzene rings is 1. The Bertz CT molecular complexity index is 620. The number of nitrogens with zero attached hydrogens (tertiary/aromatic N) is 4. The van der Waals surface area contributed by atoms with Crippen LogP contribution in [0.25, 0.3) is 5.69 Å². The second-order valence-electron chi connectivity index (χ2n) is 4.46. The number of halogens is 3. The molecule has 0 aliphatic rings. The maximum Gasteiger partial charge on any atom is 0.415 e. The summed E-state index contributed by atoms with van der Waals surface area (Å²) in [6.45, 7) is 0.609. The first kappa shape index (κ1) is 14.9. The van der Waals surface area contributed by atoms with E-state index in [-0.39, 0.29) is 5.69 Å². The van der Waals surface area contributed by atoms with Crippen molar-refractivity contribution in [3.8, 4) is 5.69 Å². The highest BCUT2D eigenvalue weighted by Crippen LogP contribution is 2.29. The van der Waals surface area contributed by atoms with Crippen LogP contribution in [-0.4, -0.2) is 37.8 Å². The van der Waals surface area contributed by atoms with Gasteiger partial charge in [0.25, 0.3) is 5.91 Å². The Morgan fingerprint density at radius 1 is 1.29 bits per heavy atom. The summed E-state index contributed by atoms with van der Waals surface area (Å²) in [5.74, 6) is -1.34. The van der Waals surface area contributed by atoms with Crippen molar-refractivity contribution in [3.05, 3.63) is 30.6 Å². The summed E-state index contributed by atoms with van der Waals surface area (Å²) in [5.41, 5.74) is 2.82. The van der Waals surface area contributed by atoms with Crippen LogP contribution < -0.4 is 11.1 Å². The molecular weight excluding hydrogens is 289 g/mol. The lowest BCUT2D eigenvalue weighted by atomic mass is 10.0. The topological polar surface area (TPSA) is 98.7 Å². The van der Waals surface area contributed by atoms with Crippen LogP contribution >= 0.6 is 0 Å². The highest BCUT2D eigenvalue weighted by molar-refractivity contribution is 5.98. The van der Waals surface area contributed by atoms with Crippen molar-refractivity contribution in [2.24, 2.45) is 5.73 Å². The van der Waals surface area contributed by atoms with Gasteiger partial charge in [-0.15, -0.1) is 5.10 Å². The lowest BCUT2D eigenvalue weighted by Crippen LogP contribution is -2.59. The van der Waals surface area contributed by atoms with E-state index in [9.17, 15) is 18.0 Å². The van der Waals surface area contributed by atoms with E-state index in [2.05, 4.69) is 20.8 Å². The van der Waals surface area contributed by atoms with Crippen molar-refractivity contribution in [1.82, 2.24) is 20.2 Å². The molecule has 1 aromatic carbocycles. The smallest absolute Gasteiger partial charge is 0.324 e. The minimum atomic E-state index is -4.84. The van der Waals surface area contributed by atoms with Crippen molar-refractivity contribution in [3.63, 3.8) is 0 Å². The molecule has 0 bridgehead atoms. The normalized spacial score (nSPS) is 14.5. The van der Waals surface area contributed by atoms with Crippen molar-refractivity contribution in [1.29, 1.82) is 0 Å². The maximum absolute atomic E-state index is 12.6. The number of amides is 1. The van der Waals surface area contributed by atoms with Gasteiger partial charge in [0.15, 0.2) is 5.54 Å². The molecule has 3 N–H and O–H groups in total. The molecule has 0 spiro atoms. The van der Waals surface area contributed by atoms with Crippen LogP contribution in [0.1, 0.15) is 6.92 Å². The van der Waals surface area contributed by atoms with Gasteiger partial charge in [-0.25, -0.2) is 4.68 Å². The molecule has 1 unspecified atom stereocenters. The molecule has 0 fully saturated rings. The molecule has 21 heavy (non-hydrogen) atoms. The Morgan fingerprint density at radius 2 is 1.90 bits per heavy atom. The summed E-state index contributed by atoms with van der Waals surface area (Å²) in [6.07, 6.45) is -3.49. The van der Waals surface area contributed by atoms with Crippen molar-refractivity contribution in [2.45, 2.75) is 18.6 Å². The van der Waals surface area contributed by atoms with E-state index in [1.54, 1.807) is 0 Å². The summed E-state index contributed by atoms with van der Waals surface area (Å²) in [4.78, 5) is 11.6. The van der Waals surface area contributed by atoms with E-state index in [0.29, 0.717) is 12.6 Å². The van der Waals surface area contributed by atoms with Crippen LogP contribution in [0.2, 0.25) is 0 Å². The fourth-order valence-corrected chi connectivity index (χ4v) is 1.37. The third-order valence-electron chi connectivity index (χ3n) is 2.80. The molecule has 0 aliphatic carbocycles. The number of rotatable bonds is 3. The number of carbonyl (C=O) groups is 1. The highest BCUT2D eigenvalue weighted by Gasteiger charge is 2.53. The number of alkyl halides is 3. The number of hydrogen-bond donors (Lipinski definition) is 2. The molecule has 2 rings (SSSR count). The molecule has 112 valence electrons. The Morgan fingerprint density at radius 3 is 2.38 bits per heavy atom. The van der Waals surface area contributed by atoms with Gasteiger partial charge >= 0.3 is 6.18 Å². The molecule has 0 radical (unpaired) electrons. The SMILES string of the molecule is CC(N)(C(=O)Nc1ccc(-n2cnnn2)cc1)C(F)(F)F. The van der Waals surface area contributed by atoms with Crippen LogP contribution in [0.4, 0.5) is 18.9 Å². The summed E-state index contributed by atoms with van der Waals surface area (Å²) in [6, 6.07) is 5.91. The number of nitrogens with two attached hydrogens (primary N) is 1. The third kappa shape index (κ3) is 2.99. The Labute approximate surface area is 116 Å². The predicted molar refractivity (Wildman–Crippen MR) is 66.4 cm³/mol. The van der Waals surface area contributed by atoms with Gasteiger partial charge < -0.3 is 11.1 Å². The number of aromatic nitrogens is 4. The lowest BCUT2D eigenvalue weighted by Gasteiger charge is -2.26. The zero-order valence-corrected chi connectivity index (χ0v) is 10.8. The highest BCUT2D eigenvalue weighted by atomic mass is 19.4. The van der Waals surface area contributed by atoms with Gasteiger partial charge in [-0.2, -0.15) is 13.2 Å². The molecule has 1 amide bonds. The summed E-state index contributed by atoms with van der Waals surface area (Å²) in [5, 5.41) is 12.7. The minimum absolute atomic E-state index is 0.178. The van der Waals surface area contributed by atoms with Gasteiger partial charge in [0.05, 0.1) is 5.69 Å². The molecule has 0 aliphatic heterocycles. The van der Waals surface area contributed by atoms with Crippen molar-refractivity contribution >= 4 is 11.6 Å². The van der Waals surface area contributed by atoms with Gasteiger partial charge in [-0.3, -0.25) is 4.79 Å². The van der Waals surface area contributed by atoms with Gasteiger partial charge in [-0.1, -0.05) is 0 Å². The van der Waals surface area contributed by atoms with Crippen LogP contribution in [0.3, 0.4) is 0 Å². The van der Waals surface area contributed by atoms with E-state index in [4.69, 9.17) is 5.73 Å². The van der Waals surface area contributed by atoms with Gasteiger partial charge in [0.1, 0.15) is 6.33 Å². The van der Waals surface area contributed by atoms with Crippen LogP contribution in [0.5, 0.6) is 0 Å². The van der Waals surface area contributed by atoms with Gasteiger partial charge in [0, 0.05) is 5.69 Å². The number of hydrogen-bond acceptors (Lipinski definition) is 5. The molecule has 7 nitrogen and oxygen atoms in total. The predicted octanol–water partition coefficient (Wildman–Crippen LogP) is 0.880. The standard InChI is InChI=1S/C11H11F3N6O/c1-10(15,11(12,13)14)9(21)17-7-2-4-8(5-3-7)20-6-16-18-19-20/h2-6H,15H2,1H3,(H,17,21). The zero-order chi connectivity index (χ0) is 15.7. The van der Waals surface area contributed by atoms with E-state index in [0.717, 1.165) is 0 Å². The first-order chi connectivity index (χ1) is 9.72. The van der Waals surface area contributed by atoms with Gasteiger partial charge in [0.2, 0.25) is 0 Å². The molecule has 2 aromatic rings. The average molecular weight is 300 g/mol. The molecule has 1 atom stereocenters. The van der Waals surface area contributed by atoms with E-state index >= 15 is 0 Å². The molecule has 0 saturated heterocycles. The molecule has 0 saturated carbocycles. The Kier molecular flexibility index (Phi) is 3.64. The van der Waals surface area contributed by atoms with Crippen LogP contribution in [0.15, 0.2) is 30.6 Å². The Balaban J connectivity index is 2.12. The minimum Gasteiger partial charge on any atom is -0.324 e.